The number of benzene rings is 1. The molecule has 0 saturated heterocycles. The van der Waals surface area contributed by atoms with Crippen LogP contribution >= 0.6 is 0 Å². The number of rotatable bonds is 6. The van der Waals surface area contributed by atoms with Crippen LogP contribution in [0.25, 0.3) is 22.6 Å². The van der Waals surface area contributed by atoms with Gasteiger partial charge in [0.2, 0.25) is 0 Å². The molecule has 0 fully saturated rings. The van der Waals surface area contributed by atoms with Crippen molar-refractivity contribution in [2.45, 2.75) is 13.0 Å². The molecule has 2 heterocycles. The number of fused-ring (bicyclic) bond motifs is 1. The molecule has 8 nitrogen and oxygen atoms in total. The van der Waals surface area contributed by atoms with Crippen LogP contribution in [0.5, 0.6) is 0 Å². The Morgan fingerprint density at radius 3 is 2.88 bits per heavy atom. The lowest BCUT2D eigenvalue weighted by molar-refractivity contribution is 0.0827. The summed E-state index contributed by atoms with van der Waals surface area (Å²) in [6.45, 7) is 1.05. The molecule has 1 amide bonds. The van der Waals surface area contributed by atoms with Crippen molar-refractivity contribution in [3.05, 3.63) is 46.5 Å². The second-order valence-corrected chi connectivity index (χ2v) is 6.14. The first kappa shape index (κ1) is 17.8. The maximum absolute atomic E-state index is 12.2. The van der Waals surface area contributed by atoms with Crippen molar-refractivity contribution >= 4 is 17.2 Å². The molecule has 8 heteroatoms. The second kappa shape index (κ2) is 7.49. The standard InChI is InChI=1S/C18H21N5O3/c1-22(2)17(24)13-7-4-6-12(10-13)14-11-19-15-16(20-14)23(18(25)21-15)8-5-9-26-3/h4,6-7,10-11H,5,8-9H2,1-3H3,(H,19,21,25). The third kappa shape index (κ3) is 3.50. The number of aromatic nitrogens is 4. The zero-order valence-corrected chi connectivity index (χ0v) is 15.0. The topological polar surface area (TPSA) is 93.1 Å². The van der Waals surface area contributed by atoms with Gasteiger partial charge < -0.3 is 9.64 Å². The summed E-state index contributed by atoms with van der Waals surface area (Å²) in [7, 11) is 5.04. The number of aryl methyl sites for hydroxylation is 1. The molecule has 3 aromatic rings. The molecule has 0 unspecified atom stereocenters. The van der Waals surface area contributed by atoms with E-state index < -0.39 is 0 Å². The van der Waals surface area contributed by atoms with Crippen LogP contribution in [0.2, 0.25) is 0 Å². The predicted octanol–water partition coefficient (Wildman–Crippen LogP) is 1.52. The average molecular weight is 355 g/mol. The number of aromatic amines is 1. The SMILES string of the molecule is COCCCn1c(=O)[nH]c2ncc(-c3cccc(C(=O)N(C)C)c3)nc21. The number of amides is 1. The van der Waals surface area contributed by atoms with Crippen molar-refractivity contribution in [2.24, 2.45) is 0 Å². The number of carbonyl (C=O) groups is 1. The number of H-pyrrole nitrogens is 1. The Bertz CT molecular complexity index is 990. The van der Waals surface area contributed by atoms with Crippen LogP contribution in [0.3, 0.4) is 0 Å². The van der Waals surface area contributed by atoms with E-state index in [1.54, 1.807) is 50.2 Å². The van der Waals surface area contributed by atoms with E-state index in [1.165, 1.54) is 4.90 Å². The minimum absolute atomic E-state index is 0.0843. The zero-order chi connectivity index (χ0) is 18.7. The smallest absolute Gasteiger partial charge is 0.328 e. The fourth-order valence-electron chi connectivity index (χ4n) is 2.70. The number of imidazole rings is 1. The van der Waals surface area contributed by atoms with Gasteiger partial charge in [-0.2, -0.15) is 0 Å². The normalized spacial score (nSPS) is 11.0. The largest absolute Gasteiger partial charge is 0.385 e. The van der Waals surface area contributed by atoms with E-state index in [-0.39, 0.29) is 11.6 Å². The first-order valence-corrected chi connectivity index (χ1v) is 8.28. The summed E-state index contributed by atoms with van der Waals surface area (Å²) in [5.41, 5.74) is 2.63. The molecule has 0 saturated carbocycles. The van der Waals surface area contributed by atoms with Crippen molar-refractivity contribution < 1.29 is 9.53 Å². The van der Waals surface area contributed by atoms with Gasteiger partial charge in [-0.25, -0.2) is 14.8 Å². The molecule has 0 bridgehead atoms. The summed E-state index contributed by atoms with van der Waals surface area (Å²) in [4.78, 5) is 37.4. The minimum atomic E-state index is -0.246. The third-order valence-electron chi connectivity index (χ3n) is 4.02. The molecular weight excluding hydrogens is 334 g/mol. The predicted molar refractivity (Wildman–Crippen MR) is 98.1 cm³/mol. The summed E-state index contributed by atoms with van der Waals surface area (Å²) < 4.78 is 6.60. The Hall–Kier alpha value is -3.00. The summed E-state index contributed by atoms with van der Waals surface area (Å²) in [5.74, 6) is -0.0843. The fourth-order valence-corrected chi connectivity index (χ4v) is 2.70. The molecule has 1 N–H and O–H groups in total. The van der Waals surface area contributed by atoms with Gasteiger partial charge in [0.15, 0.2) is 11.3 Å². The van der Waals surface area contributed by atoms with Crippen LogP contribution in [-0.2, 0) is 11.3 Å². The van der Waals surface area contributed by atoms with Gasteiger partial charge in [-0.05, 0) is 18.6 Å². The lowest BCUT2D eigenvalue weighted by Crippen LogP contribution is -2.21. The van der Waals surface area contributed by atoms with Crippen molar-refractivity contribution in [3.63, 3.8) is 0 Å². The number of carbonyl (C=O) groups excluding carboxylic acids is 1. The molecule has 0 spiro atoms. The van der Waals surface area contributed by atoms with Gasteiger partial charge in [0, 0.05) is 45.5 Å². The number of nitrogens with one attached hydrogen (secondary N) is 1. The maximum Gasteiger partial charge on any atom is 0.328 e. The van der Waals surface area contributed by atoms with Gasteiger partial charge in [0.25, 0.3) is 5.91 Å². The van der Waals surface area contributed by atoms with E-state index in [4.69, 9.17) is 4.74 Å². The summed E-state index contributed by atoms with van der Waals surface area (Å²) in [5, 5.41) is 0. The zero-order valence-electron chi connectivity index (χ0n) is 15.0. The lowest BCUT2D eigenvalue weighted by Gasteiger charge is -2.11. The van der Waals surface area contributed by atoms with Crippen LogP contribution in [0.15, 0.2) is 35.3 Å². The molecule has 0 radical (unpaired) electrons. The monoisotopic (exact) mass is 355 g/mol. The summed E-state index contributed by atoms with van der Waals surface area (Å²) in [6, 6.07) is 7.20. The van der Waals surface area contributed by atoms with Gasteiger partial charge in [0.1, 0.15) is 0 Å². The molecule has 0 aliphatic carbocycles. The van der Waals surface area contributed by atoms with Crippen LogP contribution in [-0.4, -0.2) is 58.1 Å². The first-order chi connectivity index (χ1) is 12.5. The van der Waals surface area contributed by atoms with Crippen LogP contribution < -0.4 is 5.69 Å². The number of hydrogen-bond donors (Lipinski definition) is 1. The average Bonchev–Trinajstić information content (AvgIpc) is 2.96. The van der Waals surface area contributed by atoms with E-state index in [9.17, 15) is 9.59 Å². The molecule has 0 aliphatic heterocycles. The van der Waals surface area contributed by atoms with E-state index in [2.05, 4.69) is 15.0 Å². The van der Waals surface area contributed by atoms with Crippen molar-refractivity contribution in [1.29, 1.82) is 0 Å². The van der Waals surface area contributed by atoms with Crippen molar-refractivity contribution in [3.8, 4) is 11.3 Å². The highest BCUT2D eigenvalue weighted by molar-refractivity contribution is 5.95. The first-order valence-electron chi connectivity index (χ1n) is 8.28. The number of ether oxygens (including phenoxy) is 1. The van der Waals surface area contributed by atoms with E-state index in [1.807, 2.05) is 6.07 Å². The van der Waals surface area contributed by atoms with Crippen molar-refractivity contribution in [2.75, 3.05) is 27.8 Å². The number of nitrogens with zero attached hydrogens (tertiary/aromatic N) is 4. The molecule has 2 aromatic heterocycles. The molecule has 1 aromatic carbocycles. The Kier molecular flexibility index (Phi) is 5.13. The highest BCUT2D eigenvalue weighted by Gasteiger charge is 2.13. The molecule has 3 rings (SSSR count). The molecule has 0 atom stereocenters. The summed E-state index contributed by atoms with van der Waals surface area (Å²) >= 11 is 0. The van der Waals surface area contributed by atoms with Crippen LogP contribution in [0.1, 0.15) is 16.8 Å². The Morgan fingerprint density at radius 2 is 2.15 bits per heavy atom. The van der Waals surface area contributed by atoms with Crippen LogP contribution in [0, 0.1) is 0 Å². The minimum Gasteiger partial charge on any atom is -0.385 e. The van der Waals surface area contributed by atoms with Gasteiger partial charge >= 0.3 is 5.69 Å². The number of methoxy groups -OCH3 is 1. The van der Waals surface area contributed by atoms with Gasteiger partial charge in [-0.1, -0.05) is 12.1 Å². The van der Waals surface area contributed by atoms with Gasteiger partial charge in [-0.3, -0.25) is 14.3 Å². The molecule has 136 valence electrons. The van der Waals surface area contributed by atoms with Crippen molar-refractivity contribution in [1.82, 2.24) is 24.4 Å². The third-order valence-corrected chi connectivity index (χ3v) is 4.02. The molecule has 26 heavy (non-hydrogen) atoms. The molecular formula is C18H21N5O3. The van der Waals surface area contributed by atoms with Gasteiger partial charge in [-0.15, -0.1) is 0 Å². The maximum atomic E-state index is 12.2. The van der Waals surface area contributed by atoms with E-state index in [0.717, 1.165) is 5.56 Å². The fraction of sp³-hybridized carbons (Fsp3) is 0.333. The highest BCUT2D eigenvalue weighted by atomic mass is 16.5. The Balaban J connectivity index is 2.01. The number of hydrogen-bond acceptors (Lipinski definition) is 5. The van der Waals surface area contributed by atoms with E-state index in [0.29, 0.717) is 42.1 Å². The van der Waals surface area contributed by atoms with Crippen LogP contribution in [0.4, 0.5) is 0 Å². The second-order valence-electron chi connectivity index (χ2n) is 6.14. The Labute approximate surface area is 150 Å². The molecule has 0 aliphatic rings. The highest BCUT2D eigenvalue weighted by Crippen LogP contribution is 2.20. The van der Waals surface area contributed by atoms with Gasteiger partial charge in [0.05, 0.1) is 11.9 Å². The summed E-state index contributed by atoms with van der Waals surface area (Å²) in [6.07, 6.45) is 2.29. The van der Waals surface area contributed by atoms with E-state index >= 15 is 0 Å². The Morgan fingerprint density at radius 1 is 1.35 bits per heavy atom. The quantitative estimate of drug-likeness (QED) is 0.677. The lowest BCUT2D eigenvalue weighted by atomic mass is 10.1.